The molecular weight excluding hydrogens is 317 g/mol. The molecule has 0 saturated heterocycles. The van der Waals surface area contributed by atoms with Crippen LogP contribution in [0.25, 0.3) is 0 Å². The largest absolute Gasteiger partial charge is 0.348 e. The SMILES string of the molecule is CCCn1nc(C)c(CNC(=O)c2c(F)ccc(C)c2Cl)c1C. The number of aryl methyl sites for hydroxylation is 3. The molecule has 23 heavy (non-hydrogen) atoms. The third kappa shape index (κ3) is 3.55. The maximum atomic E-state index is 13.9. The fourth-order valence-corrected chi connectivity index (χ4v) is 2.78. The molecule has 1 N–H and O–H groups in total. The Balaban J connectivity index is 2.19. The predicted molar refractivity (Wildman–Crippen MR) is 89.3 cm³/mol. The number of nitrogens with one attached hydrogen (secondary N) is 1. The van der Waals surface area contributed by atoms with Gasteiger partial charge in [-0.15, -0.1) is 0 Å². The van der Waals surface area contributed by atoms with E-state index >= 15 is 0 Å². The Morgan fingerprint density at radius 3 is 2.70 bits per heavy atom. The molecule has 0 fully saturated rings. The molecule has 1 amide bonds. The van der Waals surface area contributed by atoms with Crippen LogP contribution in [0.5, 0.6) is 0 Å². The third-order valence-electron chi connectivity index (χ3n) is 3.90. The highest BCUT2D eigenvalue weighted by Crippen LogP contribution is 2.23. The molecular formula is C17H21ClFN3O. The summed E-state index contributed by atoms with van der Waals surface area (Å²) in [6, 6.07) is 2.81. The molecule has 1 heterocycles. The Hall–Kier alpha value is -1.88. The highest BCUT2D eigenvalue weighted by Gasteiger charge is 2.19. The van der Waals surface area contributed by atoms with Crippen LogP contribution in [0.4, 0.5) is 4.39 Å². The number of aromatic nitrogens is 2. The van der Waals surface area contributed by atoms with Crippen LogP contribution in [-0.4, -0.2) is 15.7 Å². The third-order valence-corrected chi connectivity index (χ3v) is 4.39. The van der Waals surface area contributed by atoms with Gasteiger partial charge in [0.2, 0.25) is 0 Å². The number of carbonyl (C=O) groups is 1. The van der Waals surface area contributed by atoms with Gasteiger partial charge < -0.3 is 5.32 Å². The number of hydrogen-bond donors (Lipinski definition) is 1. The molecule has 6 heteroatoms. The summed E-state index contributed by atoms with van der Waals surface area (Å²) in [4.78, 5) is 12.3. The summed E-state index contributed by atoms with van der Waals surface area (Å²) in [5, 5.41) is 7.36. The monoisotopic (exact) mass is 337 g/mol. The number of amides is 1. The molecule has 0 bridgehead atoms. The molecule has 124 valence electrons. The van der Waals surface area contributed by atoms with Crippen molar-refractivity contribution in [3.05, 3.63) is 51.1 Å². The van der Waals surface area contributed by atoms with Crippen LogP contribution in [0.3, 0.4) is 0 Å². The topological polar surface area (TPSA) is 46.9 Å². The average Bonchev–Trinajstić information content (AvgIpc) is 2.76. The Morgan fingerprint density at radius 1 is 1.35 bits per heavy atom. The zero-order valence-corrected chi connectivity index (χ0v) is 14.6. The fourth-order valence-electron chi connectivity index (χ4n) is 2.54. The predicted octanol–water partition coefficient (Wildman–Crippen LogP) is 3.94. The van der Waals surface area contributed by atoms with Crippen molar-refractivity contribution < 1.29 is 9.18 Å². The lowest BCUT2D eigenvalue weighted by Gasteiger charge is -2.10. The first-order valence-electron chi connectivity index (χ1n) is 7.62. The van der Waals surface area contributed by atoms with Crippen LogP contribution >= 0.6 is 11.6 Å². The molecule has 0 aliphatic heterocycles. The molecule has 0 atom stereocenters. The Kier molecular flexibility index (Phi) is 5.42. The van der Waals surface area contributed by atoms with E-state index in [-0.39, 0.29) is 10.6 Å². The van der Waals surface area contributed by atoms with E-state index in [0.29, 0.717) is 12.1 Å². The van der Waals surface area contributed by atoms with E-state index in [1.165, 1.54) is 6.07 Å². The van der Waals surface area contributed by atoms with Crippen molar-refractivity contribution >= 4 is 17.5 Å². The highest BCUT2D eigenvalue weighted by atomic mass is 35.5. The van der Waals surface area contributed by atoms with Crippen molar-refractivity contribution in [3.8, 4) is 0 Å². The second-order valence-corrected chi connectivity index (χ2v) is 5.99. The van der Waals surface area contributed by atoms with Gasteiger partial charge in [-0.25, -0.2) is 4.39 Å². The normalized spacial score (nSPS) is 10.9. The van der Waals surface area contributed by atoms with E-state index in [1.54, 1.807) is 13.0 Å². The van der Waals surface area contributed by atoms with Crippen LogP contribution in [-0.2, 0) is 13.1 Å². The van der Waals surface area contributed by atoms with Gasteiger partial charge in [0.05, 0.1) is 16.3 Å². The molecule has 0 saturated carbocycles. The maximum absolute atomic E-state index is 13.9. The van der Waals surface area contributed by atoms with Crippen LogP contribution in [0, 0.1) is 26.6 Å². The first kappa shape index (κ1) is 17.5. The standard InChI is InChI=1S/C17H21ClFN3O/c1-5-8-22-12(4)13(11(3)21-22)9-20-17(23)15-14(19)7-6-10(2)16(15)18/h6-7H,5,8-9H2,1-4H3,(H,20,23). The van der Waals surface area contributed by atoms with Crippen molar-refractivity contribution in [2.45, 2.75) is 47.2 Å². The summed E-state index contributed by atoms with van der Waals surface area (Å²) in [5.74, 6) is -1.13. The van der Waals surface area contributed by atoms with Gasteiger partial charge >= 0.3 is 0 Å². The van der Waals surface area contributed by atoms with Crippen LogP contribution in [0.1, 0.15) is 46.2 Å². The highest BCUT2D eigenvalue weighted by molar-refractivity contribution is 6.34. The van der Waals surface area contributed by atoms with E-state index in [9.17, 15) is 9.18 Å². The van der Waals surface area contributed by atoms with Gasteiger partial charge in [0.15, 0.2) is 0 Å². The van der Waals surface area contributed by atoms with Crippen LogP contribution < -0.4 is 5.32 Å². The van der Waals surface area contributed by atoms with E-state index in [2.05, 4.69) is 17.3 Å². The maximum Gasteiger partial charge on any atom is 0.256 e. The van der Waals surface area contributed by atoms with Crippen molar-refractivity contribution in [1.82, 2.24) is 15.1 Å². The molecule has 0 aliphatic rings. The molecule has 0 aliphatic carbocycles. The fraction of sp³-hybridized carbons (Fsp3) is 0.412. The molecule has 0 radical (unpaired) electrons. The number of carbonyl (C=O) groups excluding carboxylic acids is 1. The summed E-state index contributed by atoms with van der Waals surface area (Å²) in [5.41, 5.74) is 3.40. The first-order chi connectivity index (χ1) is 10.9. The summed E-state index contributed by atoms with van der Waals surface area (Å²) >= 11 is 6.07. The van der Waals surface area contributed by atoms with Gasteiger partial charge in [-0.3, -0.25) is 9.48 Å². The summed E-state index contributed by atoms with van der Waals surface area (Å²) in [7, 11) is 0. The van der Waals surface area contributed by atoms with Crippen molar-refractivity contribution in [1.29, 1.82) is 0 Å². The van der Waals surface area contributed by atoms with Gasteiger partial charge in [0.1, 0.15) is 5.82 Å². The Labute approximate surface area is 140 Å². The number of hydrogen-bond acceptors (Lipinski definition) is 2. The quantitative estimate of drug-likeness (QED) is 0.898. The lowest BCUT2D eigenvalue weighted by atomic mass is 10.1. The first-order valence-corrected chi connectivity index (χ1v) is 8.00. The molecule has 4 nitrogen and oxygen atoms in total. The number of rotatable bonds is 5. The van der Waals surface area contributed by atoms with E-state index < -0.39 is 11.7 Å². The van der Waals surface area contributed by atoms with Gasteiger partial charge in [-0.2, -0.15) is 5.10 Å². The van der Waals surface area contributed by atoms with E-state index in [0.717, 1.165) is 29.9 Å². The number of benzene rings is 1. The van der Waals surface area contributed by atoms with Crippen LogP contribution in [0.15, 0.2) is 12.1 Å². The van der Waals surface area contributed by atoms with Gasteiger partial charge in [0, 0.05) is 24.3 Å². The zero-order chi connectivity index (χ0) is 17.1. The number of nitrogens with zero attached hydrogens (tertiary/aromatic N) is 2. The minimum Gasteiger partial charge on any atom is -0.348 e. The minimum atomic E-state index is -0.617. The summed E-state index contributed by atoms with van der Waals surface area (Å²) < 4.78 is 15.8. The molecule has 2 aromatic rings. The van der Waals surface area contributed by atoms with Gasteiger partial charge in [-0.05, 0) is 38.8 Å². The summed E-state index contributed by atoms with van der Waals surface area (Å²) in [6.45, 7) is 8.82. The van der Waals surface area contributed by atoms with E-state index in [1.807, 2.05) is 18.5 Å². The number of halogens is 2. The molecule has 0 unspecified atom stereocenters. The van der Waals surface area contributed by atoms with E-state index in [4.69, 9.17) is 11.6 Å². The Morgan fingerprint density at radius 2 is 2.04 bits per heavy atom. The zero-order valence-electron chi connectivity index (χ0n) is 13.8. The van der Waals surface area contributed by atoms with Crippen molar-refractivity contribution in [2.75, 3.05) is 0 Å². The van der Waals surface area contributed by atoms with Crippen molar-refractivity contribution in [2.24, 2.45) is 0 Å². The smallest absolute Gasteiger partial charge is 0.256 e. The van der Waals surface area contributed by atoms with Crippen molar-refractivity contribution in [3.63, 3.8) is 0 Å². The minimum absolute atomic E-state index is 0.108. The average molecular weight is 338 g/mol. The molecule has 0 spiro atoms. The Bertz CT molecular complexity index is 740. The molecule has 1 aromatic carbocycles. The summed E-state index contributed by atoms with van der Waals surface area (Å²) in [6.07, 6.45) is 0.984. The van der Waals surface area contributed by atoms with Gasteiger partial charge in [-0.1, -0.05) is 24.6 Å². The lowest BCUT2D eigenvalue weighted by Crippen LogP contribution is -2.25. The van der Waals surface area contributed by atoms with Gasteiger partial charge in [0.25, 0.3) is 5.91 Å². The second kappa shape index (κ2) is 7.13. The molecule has 1 aromatic heterocycles. The van der Waals surface area contributed by atoms with Crippen LogP contribution in [0.2, 0.25) is 5.02 Å². The molecule has 2 rings (SSSR count). The lowest BCUT2D eigenvalue weighted by molar-refractivity contribution is 0.0947. The second-order valence-electron chi connectivity index (χ2n) is 5.61.